The molecular formula is C20H26N6O. The van der Waals surface area contributed by atoms with Crippen molar-refractivity contribution >= 4 is 16.9 Å². The molecule has 1 saturated heterocycles. The van der Waals surface area contributed by atoms with E-state index in [0.717, 1.165) is 67.4 Å². The molecule has 4 rings (SSSR count). The number of fused-ring (bicyclic) bond motifs is 1. The van der Waals surface area contributed by atoms with E-state index in [4.69, 9.17) is 14.7 Å². The first-order chi connectivity index (χ1) is 13.2. The van der Waals surface area contributed by atoms with Gasteiger partial charge in [0.15, 0.2) is 11.5 Å². The van der Waals surface area contributed by atoms with Gasteiger partial charge < -0.3 is 9.64 Å². The fourth-order valence-electron chi connectivity index (χ4n) is 3.71. The molecule has 0 bridgehead atoms. The maximum absolute atomic E-state index is 5.77. The number of ether oxygens (including phenoxy) is 1. The van der Waals surface area contributed by atoms with E-state index in [1.165, 1.54) is 0 Å². The SMILES string of the molecule is CCCOC[C@@H]1CCN(c2nc(-c3ccccn3)nc3c2c(C)nn3C)C1. The predicted molar refractivity (Wildman–Crippen MR) is 106 cm³/mol. The monoisotopic (exact) mass is 366 g/mol. The summed E-state index contributed by atoms with van der Waals surface area (Å²) < 4.78 is 7.61. The Morgan fingerprint density at radius 1 is 1.26 bits per heavy atom. The topological polar surface area (TPSA) is 69.0 Å². The number of rotatable bonds is 6. The number of aromatic nitrogens is 5. The van der Waals surface area contributed by atoms with Gasteiger partial charge in [-0.1, -0.05) is 13.0 Å². The number of aryl methyl sites for hydroxylation is 2. The summed E-state index contributed by atoms with van der Waals surface area (Å²) in [6.45, 7) is 7.74. The predicted octanol–water partition coefficient (Wildman–Crippen LogP) is 2.99. The molecule has 0 aromatic carbocycles. The molecule has 1 aliphatic rings. The average Bonchev–Trinajstić information content (AvgIpc) is 3.27. The van der Waals surface area contributed by atoms with Crippen LogP contribution in [0.15, 0.2) is 24.4 Å². The summed E-state index contributed by atoms with van der Waals surface area (Å²) in [4.78, 5) is 16.5. The van der Waals surface area contributed by atoms with Crippen LogP contribution in [-0.2, 0) is 11.8 Å². The zero-order valence-electron chi connectivity index (χ0n) is 16.2. The Bertz CT molecular complexity index is 923. The van der Waals surface area contributed by atoms with Crippen LogP contribution in [0.4, 0.5) is 5.82 Å². The van der Waals surface area contributed by atoms with Crippen LogP contribution >= 0.6 is 0 Å². The molecule has 0 radical (unpaired) electrons. The number of hydrogen-bond acceptors (Lipinski definition) is 6. The molecule has 27 heavy (non-hydrogen) atoms. The number of nitrogens with zero attached hydrogens (tertiary/aromatic N) is 6. The molecule has 4 heterocycles. The lowest BCUT2D eigenvalue weighted by molar-refractivity contribution is 0.106. The molecule has 3 aromatic rings. The van der Waals surface area contributed by atoms with Crippen molar-refractivity contribution in [1.82, 2.24) is 24.7 Å². The van der Waals surface area contributed by atoms with Gasteiger partial charge in [0, 0.05) is 38.9 Å². The second-order valence-electron chi connectivity index (χ2n) is 7.17. The van der Waals surface area contributed by atoms with Gasteiger partial charge in [-0.2, -0.15) is 5.10 Å². The molecule has 0 aliphatic carbocycles. The van der Waals surface area contributed by atoms with Gasteiger partial charge in [-0.15, -0.1) is 0 Å². The fourth-order valence-corrected chi connectivity index (χ4v) is 3.71. The molecule has 0 amide bonds. The third kappa shape index (κ3) is 3.51. The zero-order valence-corrected chi connectivity index (χ0v) is 16.2. The third-order valence-corrected chi connectivity index (χ3v) is 5.02. The van der Waals surface area contributed by atoms with Gasteiger partial charge in [-0.3, -0.25) is 9.67 Å². The fraction of sp³-hybridized carbons (Fsp3) is 0.500. The molecule has 0 spiro atoms. The van der Waals surface area contributed by atoms with E-state index in [2.05, 4.69) is 21.9 Å². The minimum Gasteiger partial charge on any atom is -0.381 e. The molecule has 0 unspecified atom stereocenters. The summed E-state index contributed by atoms with van der Waals surface area (Å²) >= 11 is 0. The molecule has 1 atom stereocenters. The first kappa shape index (κ1) is 17.9. The Morgan fingerprint density at radius 2 is 2.15 bits per heavy atom. The van der Waals surface area contributed by atoms with Crippen molar-refractivity contribution in [1.29, 1.82) is 0 Å². The summed E-state index contributed by atoms with van der Waals surface area (Å²) in [5, 5.41) is 5.61. The largest absolute Gasteiger partial charge is 0.381 e. The van der Waals surface area contributed by atoms with Gasteiger partial charge in [0.1, 0.15) is 11.5 Å². The molecule has 1 aliphatic heterocycles. The van der Waals surface area contributed by atoms with Crippen LogP contribution in [0.25, 0.3) is 22.6 Å². The van der Waals surface area contributed by atoms with Gasteiger partial charge in [-0.05, 0) is 31.9 Å². The first-order valence-electron chi connectivity index (χ1n) is 9.62. The second-order valence-corrected chi connectivity index (χ2v) is 7.17. The van der Waals surface area contributed by atoms with Crippen LogP contribution in [-0.4, -0.2) is 51.0 Å². The minimum atomic E-state index is 0.539. The summed E-state index contributed by atoms with van der Waals surface area (Å²) in [5.41, 5.74) is 2.59. The van der Waals surface area contributed by atoms with Crippen LogP contribution < -0.4 is 4.90 Å². The molecule has 0 saturated carbocycles. The molecule has 142 valence electrons. The number of hydrogen-bond donors (Lipinski definition) is 0. The quantitative estimate of drug-likeness (QED) is 0.625. The van der Waals surface area contributed by atoms with Crippen molar-refractivity contribution in [3.8, 4) is 11.5 Å². The van der Waals surface area contributed by atoms with E-state index < -0.39 is 0 Å². The average molecular weight is 366 g/mol. The standard InChI is InChI=1S/C20H26N6O/c1-4-11-27-13-15-8-10-26(12-15)20-17-14(2)24-25(3)19(17)22-18(23-20)16-7-5-6-9-21-16/h5-7,9,15H,4,8,10-13H2,1-3H3/t15-/m1/s1. The highest BCUT2D eigenvalue weighted by Gasteiger charge is 2.27. The van der Waals surface area contributed by atoms with E-state index in [9.17, 15) is 0 Å². The molecule has 7 nitrogen and oxygen atoms in total. The van der Waals surface area contributed by atoms with Crippen molar-refractivity contribution in [2.75, 3.05) is 31.2 Å². The van der Waals surface area contributed by atoms with Crippen molar-refractivity contribution in [3.63, 3.8) is 0 Å². The Kier molecular flexibility index (Phi) is 5.03. The molecule has 1 fully saturated rings. The Morgan fingerprint density at radius 3 is 2.93 bits per heavy atom. The maximum atomic E-state index is 5.77. The lowest BCUT2D eigenvalue weighted by Gasteiger charge is -2.19. The van der Waals surface area contributed by atoms with Crippen molar-refractivity contribution in [2.24, 2.45) is 13.0 Å². The van der Waals surface area contributed by atoms with Crippen LogP contribution in [0.5, 0.6) is 0 Å². The lowest BCUT2D eigenvalue weighted by Crippen LogP contribution is -2.23. The summed E-state index contributed by atoms with van der Waals surface area (Å²) in [5.74, 6) is 2.15. The highest BCUT2D eigenvalue weighted by atomic mass is 16.5. The minimum absolute atomic E-state index is 0.539. The summed E-state index contributed by atoms with van der Waals surface area (Å²) in [7, 11) is 1.93. The van der Waals surface area contributed by atoms with Gasteiger partial charge in [0.2, 0.25) is 0 Å². The summed E-state index contributed by atoms with van der Waals surface area (Å²) in [6, 6.07) is 5.80. The zero-order chi connectivity index (χ0) is 18.8. The van der Waals surface area contributed by atoms with Gasteiger partial charge in [0.05, 0.1) is 17.7 Å². The normalized spacial score (nSPS) is 17.1. The smallest absolute Gasteiger partial charge is 0.182 e. The van der Waals surface area contributed by atoms with E-state index in [1.807, 2.05) is 36.9 Å². The van der Waals surface area contributed by atoms with Crippen LogP contribution in [0.2, 0.25) is 0 Å². The van der Waals surface area contributed by atoms with Crippen LogP contribution in [0, 0.1) is 12.8 Å². The third-order valence-electron chi connectivity index (χ3n) is 5.02. The Balaban J connectivity index is 1.71. The highest BCUT2D eigenvalue weighted by Crippen LogP contribution is 2.32. The van der Waals surface area contributed by atoms with Gasteiger partial charge in [-0.25, -0.2) is 9.97 Å². The molecule has 0 N–H and O–H groups in total. The number of pyridine rings is 1. The van der Waals surface area contributed by atoms with Gasteiger partial charge in [0.25, 0.3) is 0 Å². The summed E-state index contributed by atoms with van der Waals surface area (Å²) in [6.07, 6.45) is 3.95. The van der Waals surface area contributed by atoms with Crippen molar-refractivity contribution in [2.45, 2.75) is 26.7 Å². The number of anilines is 1. The van der Waals surface area contributed by atoms with E-state index in [1.54, 1.807) is 6.20 Å². The van der Waals surface area contributed by atoms with Gasteiger partial charge >= 0.3 is 0 Å². The first-order valence-corrected chi connectivity index (χ1v) is 9.62. The Hall–Kier alpha value is -2.54. The van der Waals surface area contributed by atoms with E-state index in [-0.39, 0.29) is 0 Å². The van der Waals surface area contributed by atoms with Crippen molar-refractivity contribution < 1.29 is 4.74 Å². The van der Waals surface area contributed by atoms with Crippen LogP contribution in [0.3, 0.4) is 0 Å². The van der Waals surface area contributed by atoms with Crippen LogP contribution in [0.1, 0.15) is 25.5 Å². The highest BCUT2D eigenvalue weighted by molar-refractivity contribution is 5.91. The lowest BCUT2D eigenvalue weighted by atomic mass is 10.1. The maximum Gasteiger partial charge on any atom is 0.182 e. The van der Waals surface area contributed by atoms with Crippen molar-refractivity contribution in [3.05, 3.63) is 30.1 Å². The van der Waals surface area contributed by atoms with E-state index >= 15 is 0 Å². The Labute approximate surface area is 159 Å². The van der Waals surface area contributed by atoms with E-state index in [0.29, 0.717) is 11.7 Å². The molecule has 7 heteroatoms. The molecular weight excluding hydrogens is 340 g/mol. The second kappa shape index (κ2) is 7.60. The molecule has 3 aromatic heterocycles.